The Kier molecular flexibility index (Phi) is 5.64. The smallest absolute Gasteiger partial charge is 0.408 e. The molecule has 0 bridgehead atoms. The zero-order valence-corrected chi connectivity index (χ0v) is 13.1. The van der Waals surface area contributed by atoms with Crippen molar-refractivity contribution in [1.29, 1.82) is 0 Å². The van der Waals surface area contributed by atoms with Gasteiger partial charge in [0.15, 0.2) is 0 Å². The van der Waals surface area contributed by atoms with Crippen LogP contribution in [0.2, 0.25) is 0 Å². The van der Waals surface area contributed by atoms with Crippen LogP contribution in [0.1, 0.15) is 57.1 Å². The Balaban J connectivity index is 4.86. The van der Waals surface area contributed by atoms with Crippen molar-refractivity contribution < 1.29 is 26.9 Å². The molecule has 20 heavy (non-hydrogen) atoms. The molecule has 0 saturated heterocycles. The number of carbonyl (C=O) groups excluding carboxylic acids is 2. The van der Waals surface area contributed by atoms with Gasteiger partial charge in [0.1, 0.15) is 17.2 Å². The van der Waals surface area contributed by atoms with Crippen LogP contribution in [-0.2, 0) is 14.3 Å². The second-order valence-corrected chi connectivity index (χ2v) is 6.43. The molecule has 0 aromatic rings. The quantitative estimate of drug-likeness (QED) is 0.757. The molecule has 1 amide bonds. The Morgan fingerprint density at radius 3 is 2.05 bits per heavy atom. The third-order valence-corrected chi connectivity index (χ3v) is 1.93. The Morgan fingerprint density at radius 2 is 1.65 bits per heavy atom. The molecule has 0 aromatic heterocycles. The van der Waals surface area contributed by atoms with Crippen LogP contribution >= 0.6 is 0 Å². The predicted molar refractivity (Wildman–Crippen MR) is 75.3 cm³/mol. The molecule has 118 valence electrons. The molecule has 0 aliphatic heterocycles. The van der Waals surface area contributed by atoms with Crippen LogP contribution in [0.3, 0.4) is 0 Å². The van der Waals surface area contributed by atoms with E-state index in [1.165, 1.54) is 0 Å². The van der Waals surface area contributed by atoms with E-state index in [-0.39, 0.29) is 12.8 Å². The second kappa shape index (κ2) is 7.47. The summed E-state index contributed by atoms with van der Waals surface area (Å²) in [6, 6.07) is -1.10. The van der Waals surface area contributed by atoms with Crippen LogP contribution in [0.15, 0.2) is 0 Å². The first-order valence-corrected chi connectivity index (χ1v) is 6.54. The van der Waals surface area contributed by atoms with E-state index in [9.17, 15) is 9.59 Å². The maximum atomic E-state index is 12.1. The average molecular weight is 291 g/mol. The minimum Gasteiger partial charge on any atom is -0.458 e. The summed E-state index contributed by atoms with van der Waals surface area (Å²) in [5.41, 5.74) is -1.47. The Morgan fingerprint density at radius 1 is 1.15 bits per heavy atom. The first-order chi connectivity index (χ1) is 9.59. The number of amides is 1. The van der Waals surface area contributed by atoms with E-state index in [4.69, 9.17) is 17.3 Å². The van der Waals surface area contributed by atoms with Gasteiger partial charge in [-0.15, -0.1) is 0 Å². The first-order valence-electron chi connectivity index (χ1n) is 7.54. The fourth-order valence-corrected chi connectivity index (χ4v) is 1.28. The van der Waals surface area contributed by atoms with Gasteiger partial charge >= 0.3 is 12.1 Å². The molecule has 2 N–H and O–H groups in total. The number of esters is 1. The van der Waals surface area contributed by atoms with Gasteiger partial charge in [0.25, 0.3) is 0 Å². The van der Waals surface area contributed by atoms with Crippen LogP contribution in [0, 0.1) is 0 Å². The normalized spacial score (nSPS) is 15.8. The molecule has 6 heteroatoms. The van der Waals surface area contributed by atoms with Crippen molar-refractivity contribution in [2.24, 2.45) is 0 Å². The number of hydrogen-bond donors (Lipinski definition) is 2. The molecule has 0 unspecified atom stereocenters. The molecule has 0 rings (SSSR count). The largest absolute Gasteiger partial charge is 0.458 e. The highest BCUT2D eigenvalue weighted by Gasteiger charge is 2.28. The molecular weight excluding hydrogens is 262 g/mol. The SMILES string of the molecule is [2H]C([2H])(O)CC[C@H](NC(=O)OC(C)(C)C)C(=O)OC(C)(C)C. The summed E-state index contributed by atoms with van der Waals surface area (Å²) >= 11 is 0. The Labute approximate surface area is 123 Å². The van der Waals surface area contributed by atoms with Crippen LogP contribution in [0.25, 0.3) is 0 Å². The number of nitrogens with one attached hydrogen (secondary N) is 1. The van der Waals surface area contributed by atoms with Gasteiger partial charge in [0, 0.05) is 6.56 Å². The van der Waals surface area contributed by atoms with Gasteiger partial charge in [-0.1, -0.05) is 0 Å². The highest BCUT2D eigenvalue weighted by Crippen LogP contribution is 2.12. The van der Waals surface area contributed by atoms with Gasteiger partial charge in [-0.2, -0.15) is 0 Å². The average Bonchev–Trinajstić information content (AvgIpc) is 2.17. The van der Waals surface area contributed by atoms with Crippen molar-refractivity contribution in [2.45, 2.75) is 71.6 Å². The first kappa shape index (κ1) is 15.1. The minimum absolute atomic E-state index is 0.113. The van der Waals surface area contributed by atoms with Gasteiger partial charge in [0.2, 0.25) is 0 Å². The zero-order valence-electron chi connectivity index (χ0n) is 15.1. The monoisotopic (exact) mass is 291 g/mol. The Bertz CT molecular complexity index is 394. The van der Waals surface area contributed by atoms with Crippen molar-refractivity contribution in [3.05, 3.63) is 0 Å². The highest BCUT2D eigenvalue weighted by atomic mass is 16.6. The number of carbonyl (C=O) groups is 2. The molecular formula is C14H27NO5. The number of rotatable bonds is 5. The number of hydrogen-bond acceptors (Lipinski definition) is 5. The lowest BCUT2D eigenvalue weighted by Crippen LogP contribution is -2.46. The van der Waals surface area contributed by atoms with Gasteiger partial charge < -0.3 is 19.9 Å². The number of aliphatic hydroxyl groups is 1. The molecule has 1 atom stereocenters. The lowest BCUT2D eigenvalue weighted by molar-refractivity contribution is -0.157. The molecule has 0 aliphatic rings. The van der Waals surface area contributed by atoms with Crippen molar-refractivity contribution in [2.75, 3.05) is 6.56 Å². The van der Waals surface area contributed by atoms with Crippen molar-refractivity contribution >= 4 is 12.1 Å². The second-order valence-electron chi connectivity index (χ2n) is 6.43. The summed E-state index contributed by atoms with van der Waals surface area (Å²) in [5, 5.41) is 11.5. The minimum atomic E-state index is -2.43. The van der Waals surface area contributed by atoms with Gasteiger partial charge in [-0.25, -0.2) is 9.59 Å². The van der Waals surface area contributed by atoms with Crippen molar-refractivity contribution in [3.8, 4) is 0 Å². The van der Waals surface area contributed by atoms with Crippen LogP contribution in [-0.4, -0.2) is 41.0 Å². The van der Waals surface area contributed by atoms with Crippen LogP contribution in [0.4, 0.5) is 4.79 Å². The number of alkyl carbamates (subject to hydrolysis) is 1. The standard InChI is InChI=1S/C14H27NO5/c1-13(2,3)19-11(17)10(8-7-9-16)15-12(18)20-14(4,5)6/h10,16H,7-9H2,1-6H3,(H,15,18)/t10-/m0/s1/i9D2. The van der Waals surface area contributed by atoms with E-state index in [0.717, 1.165) is 0 Å². The van der Waals surface area contributed by atoms with E-state index in [1.54, 1.807) is 41.5 Å². The van der Waals surface area contributed by atoms with Crippen molar-refractivity contribution in [3.63, 3.8) is 0 Å². The van der Waals surface area contributed by atoms with Crippen molar-refractivity contribution in [1.82, 2.24) is 5.32 Å². The summed E-state index contributed by atoms with van der Waals surface area (Å²) in [6.07, 6.45) is -1.24. The van der Waals surface area contributed by atoms with E-state index < -0.39 is 35.9 Å². The highest BCUT2D eigenvalue weighted by molar-refractivity contribution is 5.81. The zero-order chi connectivity index (χ0) is 17.8. The maximum Gasteiger partial charge on any atom is 0.408 e. The summed E-state index contributed by atoms with van der Waals surface area (Å²) in [4.78, 5) is 23.8. The molecule has 0 saturated carbocycles. The lowest BCUT2D eigenvalue weighted by Gasteiger charge is -2.26. The van der Waals surface area contributed by atoms with Gasteiger partial charge in [0.05, 0.1) is 2.74 Å². The molecule has 0 aromatic carbocycles. The number of ether oxygens (including phenoxy) is 2. The maximum absolute atomic E-state index is 12.1. The molecule has 0 aliphatic carbocycles. The molecule has 0 radical (unpaired) electrons. The predicted octanol–water partition coefficient (Wildman–Crippen LogP) is 1.99. The summed E-state index contributed by atoms with van der Waals surface area (Å²) < 4.78 is 24.4. The summed E-state index contributed by atoms with van der Waals surface area (Å²) in [6.45, 7) is 7.66. The van der Waals surface area contributed by atoms with E-state index in [1.807, 2.05) is 0 Å². The van der Waals surface area contributed by atoms with Crippen LogP contribution < -0.4 is 5.32 Å². The van der Waals surface area contributed by atoms with E-state index in [0.29, 0.717) is 0 Å². The van der Waals surface area contributed by atoms with Crippen LogP contribution in [0.5, 0.6) is 0 Å². The summed E-state index contributed by atoms with van der Waals surface area (Å²) in [7, 11) is 0. The van der Waals surface area contributed by atoms with E-state index >= 15 is 0 Å². The van der Waals surface area contributed by atoms with E-state index in [2.05, 4.69) is 5.32 Å². The Hall–Kier alpha value is -1.30. The van der Waals surface area contributed by atoms with Gasteiger partial charge in [-0.3, -0.25) is 0 Å². The fraction of sp³-hybridized carbons (Fsp3) is 0.857. The molecule has 0 heterocycles. The molecule has 0 fully saturated rings. The van der Waals surface area contributed by atoms with Gasteiger partial charge in [-0.05, 0) is 54.4 Å². The molecule has 6 nitrogen and oxygen atoms in total. The third kappa shape index (κ3) is 9.61. The fourth-order valence-electron chi connectivity index (χ4n) is 1.28. The topological polar surface area (TPSA) is 84.9 Å². The lowest BCUT2D eigenvalue weighted by atomic mass is 10.1. The summed E-state index contributed by atoms with van der Waals surface area (Å²) in [5.74, 6) is -0.706. The molecule has 0 spiro atoms. The third-order valence-electron chi connectivity index (χ3n) is 1.93.